The van der Waals surface area contributed by atoms with Gasteiger partial charge in [0.15, 0.2) is 0 Å². The van der Waals surface area contributed by atoms with E-state index in [-0.39, 0.29) is 5.75 Å². The number of hydrogen-bond acceptors (Lipinski definition) is 4. The zero-order valence-electron chi connectivity index (χ0n) is 13.4. The number of rotatable bonds is 6. The van der Waals surface area contributed by atoms with E-state index in [1.54, 1.807) is 6.07 Å². The average molecular weight is 341 g/mol. The molecule has 0 amide bonds. The van der Waals surface area contributed by atoms with Crippen LogP contribution in [-0.2, 0) is 6.54 Å². The summed E-state index contributed by atoms with van der Waals surface area (Å²) in [5.74, 6) is 2.18. The van der Waals surface area contributed by atoms with Crippen LogP contribution in [0.15, 0.2) is 24.3 Å². The summed E-state index contributed by atoms with van der Waals surface area (Å²) in [6, 6.07) is 6.91. The first-order valence-corrected chi connectivity index (χ1v) is 8.50. The van der Waals surface area contributed by atoms with Crippen molar-refractivity contribution in [3.05, 3.63) is 29.8 Å². The molecule has 1 aromatic rings. The van der Waals surface area contributed by atoms with E-state index in [1.807, 2.05) is 6.07 Å². The highest BCUT2D eigenvalue weighted by Crippen LogP contribution is 2.51. The number of fused-ring (bicyclic) bond motifs is 1. The summed E-state index contributed by atoms with van der Waals surface area (Å²) in [5, 5.41) is 6.70. The fraction of sp³-hybridized carbons (Fsp3) is 0.647. The van der Waals surface area contributed by atoms with Crippen LogP contribution in [0.25, 0.3) is 0 Å². The van der Waals surface area contributed by atoms with E-state index in [0.29, 0.717) is 6.54 Å². The largest absolute Gasteiger partial charge is 0.573 e. The minimum absolute atomic E-state index is 0.158. The van der Waals surface area contributed by atoms with Gasteiger partial charge in [-0.15, -0.1) is 13.2 Å². The molecule has 1 aliphatic carbocycles. The summed E-state index contributed by atoms with van der Waals surface area (Å²) >= 11 is 0. The minimum atomic E-state index is -4.64. The van der Waals surface area contributed by atoms with Crippen LogP contribution in [0.1, 0.15) is 5.56 Å². The normalized spacial score (nSPS) is 30.0. The second-order valence-electron chi connectivity index (χ2n) is 7.08. The number of halogens is 3. The molecule has 2 saturated heterocycles. The Bertz CT molecular complexity index is 579. The number of nitrogens with one attached hydrogen (secondary N) is 2. The lowest BCUT2D eigenvalue weighted by Crippen LogP contribution is -2.57. The molecule has 3 aliphatic rings. The van der Waals surface area contributed by atoms with Crippen LogP contribution < -0.4 is 15.4 Å². The highest BCUT2D eigenvalue weighted by Gasteiger charge is 2.56. The summed E-state index contributed by atoms with van der Waals surface area (Å²) in [4.78, 5) is 2.60. The van der Waals surface area contributed by atoms with Gasteiger partial charge < -0.3 is 15.4 Å². The highest BCUT2D eigenvalue weighted by molar-refractivity contribution is 5.28. The number of ether oxygens (including phenoxy) is 1. The van der Waals surface area contributed by atoms with Gasteiger partial charge in [0.2, 0.25) is 0 Å². The van der Waals surface area contributed by atoms with Crippen molar-refractivity contribution in [1.29, 1.82) is 0 Å². The Morgan fingerprint density at radius 2 is 1.96 bits per heavy atom. The summed E-state index contributed by atoms with van der Waals surface area (Å²) in [6.07, 6.45) is -4.64. The van der Waals surface area contributed by atoms with Crippen LogP contribution in [0.3, 0.4) is 0 Å². The zero-order valence-corrected chi connectivity index (χ0v) is 13.4. The smallest absolute Gasteiger partial charge is 0.406 e. The molecule has 2 N–H and O–H groups in total. The third-order valence-electron chi connectivity index (χ3n) is 5.52. The lowest BCUT2D eigenvalue weighted by atomic mass is 10.1. The van der Waals surface area contributed by atoms with Crippen molar-refractivity contribution in [1.82, 2.24) is 15.5 Å². The Kier molecular flexibility index (Phi) is 4.18. The van der Waals surface area contributed by atoms with E-state index >= 15 is 0 Å². The van der Waals surface area contributed by atoms with Crippen molar-refractivity contribution in [3.63, 3.8) is 0 Å². The van der Waals surface area contributed by atoms with E-state index in [0.717, 1.165) is 49.0 Å². The molecule has 2 heterocycles. The van der Waals surface area contributed by atoms with Crippen LogP contribution in [-0.4, -0.2) is 50.0 Å². The van der Waals surface area contributed by atoms with Crippen LogP contribution in [0.5, 0.6) is 5.75 Å². The molecule has 132 valence electrons. The van der Waals surface area contributed by atoms with E-state index in [1.165, 1.54) is 25.2 Å². The Morgan fingerprint density at radius 3 is 2.58 bits per heavy atom. The molecule has 4 rings (SSSR count). The number of hydrogen-bond donors (Lipinski definition) is 2. The van der Waals surface area contributed by atoms with Gasteiger partial charge in [0, 0.05) is 38.8 Å². The average Bonchev–Trinajstić information content (AvgIpc) is 2.88. The molecule has 1 saturated carbocycles. The van der Waals surface area contributed by atoms with Gasteiger partial charge >= 0.3 is 6.36 Å². The molecule has 0 spiro atoms. The Balaban J connectivity index is 1.20. The summed E-state index contributed by atoms with van der Waals surface area (Å²) in [6.45, 7) is 6.17. The number of nitrogens with zero attached hydrogens (tertiary/aromatic N) is 1. The van der Waals surface area contributed by atoms with Gasteiger partial charge in [-0.1, -0.05) is 12.1 Å². The maximum Gasteiger partial charge on any atom is 0.573 e. The van der Waals surface area contributed by atoms with Crippen LogP contribution in [0, 0.1) is 17.8 Å². The Labute approximate surface area is 139 Å². The SMILES string of the molecule is FC(F)(F)Oc1cccc(CNCC2C3CN(C4CNC4)CC23)c1. The van der Waals surface area contributed by atoms with Crippen molar-refractivity contribution in [3.8, 4) is 5.75 Å². The molecule has 0 bridgehead atoms. The van der Waals surface area contributed by atoms with Crippen molar-refractivity contribution in [2.45, 2.75) is 18.9 Å². The molecule has 3 fully saturated rings. The standard InChI is InChI=1S/C17H22F3N3O/c18-17(19,20)24-13-3-1-2-11(4-13)5-21-8-14-15-9-23(10-16(14)15)12-6-22-7-12/h1-4,12,14-16,21-22H,5-10H2. The quantitative estimate of drug-likeness (QED) is 0.828. The number of piperidine rings is 1. The molecule has 0 aromatic heterocycles. The monoisotopic (exact) mass is 341 g/mol. The first-order valence-electron chi connectivity index (χ1n) is 8.50. The number of benzene rings is 1. The fourth-order valence-electron chi connectivity index (χ4n) is 4.05. The summed E-state index contributed by atoms with van der Waals surface area (Å²) < 4.78 is 40.7. The van der Waals surface area contributed by atoms with Gasteiger partial charge in [0.25, 0.3) is 0 Å². The molecule has 1 aromatic carbocycles. The molecular formula is C17H22F3N3O. The predicted molar refractivity (Wildman–Crippen MR) is 83.5 cm³/mol. The molecule has 24 heavy (non-hydrogen) atoms. The summed E-state index contributed by atoms with van der Waals surface area (Å²) in [5.41, 5.74) is 0.810. The van der Waals surface area contributed by atoms with Gasteiger partial charge in [-0.2, -0.15) is 0 Å². The van der Waals surface area contributed by atoms with Crippen LogP contribution >= 0.6 is 0 Å². The molecule has 4 nitrogen and oxygen atoms in total. The van der Waals surface area contributed by atoms with E-state index in [2.05, 4.69) is 20.3 Å². The van der Waals surface area contributed by atoms with Gasteiger partial charge in [0.05, 0.1) is 0 Å². The maximum atomic E-state index is 12.2. The topological polar surface area (TPSA) is 36.5 Å². The van der Waals surface area contributed by atoms with Crippen molar-refractivity contribution in [2.75, 3.05) is 32.7 Å². The first kappa shape index (κ1) is 16.2. The lowest BCUT2D eigenvalue weighted by molar-refractivity contribution is -0.274. The lowest BCUT2D eigenvalue weighted by Gasteiger charge is -2.36. The molecule has 0 radical (unpaired) electrons. The Morgan fingerprint density at radius 1 is 1.21 bits per heavy atom. The van der Waals surface area contributed by atoms with Gasteiger partial charge in [-0.3, -0.25) is 4.90 Å². The second-order valence-corrected chi connectivity index (χ2v) is 7.08. The van der Waals surface area contributed by atoms with Gasteiger partial charge in [0.1, 0.15) is 5.75 Å². The highest BCUT2D eigenvalue weighted by atomic mass is 19.4. The summed E-state index contributed by atoms with van der Waals surface area (Å²) in [7, 11) is 0. The predicted octanol–water partition coefficient (Wildman–Crippen LogP) is 1.82. The first-order chi connectivity index (χ1) is 11.5. The van der Waals surface area contributed by atoms with Crippen LogP contribution in [0.4, 0.5) is 13.2 Å². The van der Waals surface area contributed by atoms with Crippen molar-refractivity contribution >= 4 is 0 Å². The van der Waals surface area contributed by atoms with Gasteiger partial charge in [-0.25, -0.2) is 0 Å². The minimum Gasteiger partial charge on any atom is -0.406 e. The maximum absolute atomic E-state index is 12.2. The van der Waals surface area contributed by atoms with Crippen LogP contribution in [0.2, 0.25) is 0 Å². The molecular weight excluding hydrogens is 319 g/mol. The molecule has 2 atom stereocenters. The van der Waals surface area contributed by atoms with Crippen molar-refractivity contribution in [2.24, 2.45) is 17.8 Å². The second kappa shape index (κ2) is 6.20. The third-order valence-corrected chi connectivity index (χ3v) is 5.52. The van der Waals surface area contributed by atoms with Gasteiger partial charge in [-0.05, 0) is 42.0 Å². The number of alkyl halides is 3. The third kappa shape index (κ3) is 3.53. The van der Waals surface area contributed by atoms with E-state index in [4.69, 9.17) is 0 Å². The Hall–Kier alpha value is -1.31. The van der Waals surface area contributed by atoms with Crippen molar-refractivity contribution < 1.29 is 17.9 Å². The molecule has 7 heteroatoms. The number of likely N-dealkylation sites (tertiary alicyclic amines) is 1. The zero-order chi connectivity index (χ0) is 16.7. The van der Waals surface area contributed by atoms with E-state index in [9.17, 15) is 13.2 Å². The fourth-order valence-corrected chi connectivity index (χ4v) is 4.05. The molecule has 2 unspecified atom stereocenters. The molecule has 2 aliphatic heterocycles. The van der Waals surface area contributed by atoms with E-state index < -0.39 is 6.36 Å².